The number of anilines is 2. The molecule has 0 aliphatic carbocycles. The van der Waals surface area contributed by atoms with Crippen molar-refractivity contribution in [2.24, 2.45) is 5.41 Å². The van der Waals surface area contributed by atoms with Gasteiger partial charge in [-0.1, -0.05) is 29.8 Å². The zero-order valence-corrected chi connectivity index (χ0v) is 15.8. The van der Waals surface area contributed by atoms with E-state index in [1.165, 1.54) is 0 Å². The van der Waals surface area contributed by atoms with Crippen molar-refractivity contribution in [1.29, 1.82) is 0 Å². The number of aryl methyl sites for hydroxylation is 1. The lowest BCUT2D eigenvalue weighted by Crippen LogP contribution is -2.33. The first-order valence-electron chi connectivity index (χ1n) is 8.29. The minimum absolute atomic E-state index is 0.116. The number of nitrogens with one attached hydrogen (secondary N) is 2. The van der Waals surface area contributed by atoms with Gasteiger partial charge in [-0.05, 0) is 38.5 Å². The molecule has 0 saturated heterocycles. The highest BCUT2D eigenvalue weighted by molar-refractivity contribution is 7.91. The first kappa shape index (κ1) is 18.3. The summed E-state index contributed by atoms with van der Waals surface area (Å²) in [4.78, 5) is 12.1. The molecule has 0 atom stereocenters. The summed E-state index contributed by atoms with van der Waals surface area (Å²) in [5.41, 5.74) is 2.05. The van der Waals surface area contributed by atoms with Gasteiger partial charge in [0.2, 0.25) is 15.9 Å². The van der Waals surface area contributed by atoms with Gasteiger partial charge in [0, 0.05) is 6.07 Å². The van der Waals surface area contributed by atoms with Gasteiger partial charge < -0.3 is 10.1 Å². The molecule has 0 bridgehead atoms. The summed E-state index contributed by atoms with van der Waals surface area (Å²) in [6.07, 6.45) is 0. The van der Waals surface area contributed by atoms with Gasteiger partial charge in [-0.15, -0.1) is 0 Å². The fraction of sp³-hybridized carbons (Fsp3) is 0.316. The lowest BCUT2D eigenvalue weighted by molar-refractivity contribution is -0.124. The molecule has 1 heterocycles. The van der Waals surface area contributed by atoms with Crippen molar-refractivity contribution >= 4 is 27.3 Å². The third kappa shape index (κ3) is 4.16. The molecule has 3 rings (SSSR count). The van der Waals surface area contributed by atoms with E-state index in [9.17, 15) is 13.2 Å². The zero-order valence-electron chi connectivity index (χ0n) is 15.0. The fourth-order valence-electron chi connectivity index (χ4n) is 2.54. The molecule has 0 unspecified atom stereocenters. The molecule has 2 N–H and O–H groups in total. The van der Waals surface area contributed by atoms with Crippen LogP contribution in [0.25, 0.3) is 0 Å². The maximum atomic E-state index is 12.4. The van der Waals surface area contributed by atoms with Crippen LogP contribution in [0.2, 0.25) is 0 Å². The van der Waals surface area contributed by atoms with Crippen molar-refractivity contribution in [3.8, 4) is 5.75 Å². The highest BCUT2D eigenvalue weighted by Gasteiger charge is 2.32. The second-order valence-electron chi connectivity index (χ2n) is 7.18. The number of rotatable bonds is 4. The van der Waals surface area contributed by atoms with E-state index in [2.05, 4.69) is 10.0 Å². The normalized spacial score (nSPS) is 16.0. The average Bonchev–Trinajstić information content (AvgIpc) is 2.66. The minimum Gasteiger partial charge on any atom is -0.490 e. The van der Waals surface area contributed by atoms with Crippen LogP contribution >= 0.6 is 0 Å². The molecule has 1 amide bonds. The predicted octanol–water partition coefficient (Wildman–Crippen LogP) is 3.29. The number of amides is 1. The van der Waals surface area contributed by atoms with Crippen LogP contribution in [-0.4, -0.2) is 20.9 Å². The second kappa shape index (κ2) is 6.64. The molecule has 26 heavy (non-hydrogen) atoms. The number of carbonyl (C=O) groups excluding carboxylic acids is 1. The van der Waals surface area contributed by atoms with Crippen molar-refractivity contribution in [2.75, 3.05) is 16.6 Å². The summed E-state index contributed by atoms with van der Waals surface area (Å²) in [5.74, 6) is 0.193. The van der Waals surface area contributed by atoms with E-state index in [0.717, 1.165) is 5.56 Å². The Morgan fingerprint density at radius 1 is 1.15 bits per heavy atom. The van der Waals surface area contributed by atoms with Crippen LogP contribution in [0.4, 0.5) is 11.4 Å². The Kier molecular flexibility index (Phi) is 4.66. The Bertz CT molecular complexity index is 935. The van der Waals surface area contributed by atoms with Crippen LogP contribution in [0, 0.1) is 12.3 Å². The number of ether oxygens (including phenoxy) is 1. The molecule has 138 valence electrons. The van der Waals surface area contributed by atoms with Crippen molar-refractivity contribution in [3.05, 3.63) is 53.6 Å². The van der Waals surface area contributed by atoms with Crippen LogP contribution in [0.15, 0.2) is 42.5 Å². The van der Waals surface area contributed by atoms with E-state index >= 15 is 0 Å². The highest BCUT2D eigenvalue weighted by atomic mass is 32.2. The van der Waals surface area contributed by atoms with Crippen LogP contribution in [0.5, 0.6) is 5.75 Å². The Morgan fingerprint density at radius 3 is 2.54 bits per heavy atom. The molecule has 1 aliphatic rings. The van der Waals surface area contributed by atoms with Gasteiger partial charge >= 0.3 is 0 Å². The van der Waals surface area contributed by atoms with Crippen LogP contribution in [-0.2, 0) is 20.6 Å². The van der Waals surface area contributed by atoms with Crippen LogP contribution < -0.4 is 14.8 Å². The average molecular weight is 374 g/mol. The van der Waals surface area contributed by atoms with Gasteiger partial charge in [-0.3, -0.25) is 9.52 Å². The number of fused-ring (bicyclic) bond motifs is 1. The first-order chi connectivity index (χ1) is 12.1. The summed E-state index contributed by atoms with van der Waals surface area (Å²) >= 11 is 0. The number of hydrogen-bond donors (Lipinski definition) is 2. The molecule has 7 heteroatoms. The predicted molar refractivity (Wildman–Crippen MR) is 102 cm³/mol. The number of sulfonamides is 1. The molecular weight excluding hydrogens is 352 g/mol. The molecule has 1 aliphatic heterocycles. The lowest BCUT2D eigenvalue weighted by atomic mass is 9.94. The highest BCUT2D eigenvalue weighted by Crippen LogP contribution is 2.34. The summed E-state index contributed by atoms with van der Waals surface area (Å²) < 4.78 is 33.1. The molecule has 2 aromatic carbocycles. The van der Waals surface area contributed by atoms with Crippen molar-refractivity contribution in [2.45, 2.75) is 26.5 Å². The summed E-state index contributed by atoms with van der Waals surface area (Å²) in [5, 5.41) is 2.81. The Morgan fingerprint density at radius 2 is 1.85 bits per heavy atom. The van der Waals surface area contributed by atoms with E-state index in [0.29, 0.717) is 22.7 Å². The topological polar surface area (TPSA) is 84.5 Å². The minimum atomic E-state index is -3.56. The maximum absolute atomic E-state index is 12.4. The van der Waals surface area contributed by atoms with E-state index in [1.54, 1.807) is 44.2 Å². The standard InChI is InChI=1S/C19H22N2O4S/c1-13-4-6-14(7-5-13)11-26(23,24)21-15-8-9-16-17(10-15)25-12-19(2,3)18(22)20-16/h4-10,21H,11-12H2,1-3H3,(H,20,22). The molecule has 2 aromatic rings. The Balaban J connectivity index is 1.78. The molecule has 0 radical (unpaired) electrons. The van der Waals surface area contributed by atoms with Gasteiger partial charge in [0.15, 0.2) is 0 Å². The summed E-state index contributed by atoms with van der Waals surface area (Å²) in [6, 6.07) is 12.2. The van der Waals surface area contributed by atoms with Crippen LogP contribution in [0.1, 0.15) is 25.0 Å². The van der Waals surface area contributed by atoms with Crippen molar-refractivity contribution in [3.63, 3.8) is 0 Å². The van der Waals surface area contributed by atoms with Gasteiger partial charge in [-0.2, -0.15) is 0 Å². The van der Waals surface area contributed by atoms with E-state index < -0.39 is 15.4 Å². The third-order valence-electron chi connectivity index (χ3n) is 4.18. The molecule has 0 fully saturated rings. The third-order valence-corrected chi connectivity index (χ3v) is 5.44. The molecular formula is C19H22N2O4S. The van der Waals surface area contributed by atoms with Crippen molar-refractivity contribution < 1.29 is 17.9 Å². The smallest absolute Gasteiger partial charge is 0.236 e. The van der Waals surface area contributed by atoms with Crippen molar-refractivity contribution in [1.82, 2.24) is 0 Å². The SMILES string of the molecule is Cc1ccc(CS(=O)(=O)Nc2ccc3c(c2)OCC(C)(C)C(=O)N3)cc1. The first-order valence-corrected chi connectivity index (χ1v) is 9.94. The lowest BCUT2D eigenvalue weighted by Gasteiger charge is -2.18. The number of benzene rings is 2. The molecule has 0 saturated carbocycles. The van der Waals surface area contributed by atoms with E-state index in [-0.39, 0.29) is 18.3 Å². The summed E-state index contributed by atoms with van der Waals surface area (Å²) in [6.45, 7) is 5.75. The quantitative estimate of drug-likeness (QED) is 0.860. The number of hydrogen-bond acceptors (Lipinski definition) is 4. The van der Waals surface area contributed by atoms with Gasteiger partial charge in [0.1, 0.15) is 12.4 Å². The Hall–Kier alpha value is -2.54. The van der Waals surface area contributed by atoms with Gasteiger partial charge in [0.25, 0.3) is 0 Å². The largest absolute Gasteiger partial charge is 0.490 e. The maximum Gasteiger partial charge on any atom is 0.236 e. The van der Waals surface area contributed by atoms with Gasteiger partial charge in [0.05, 0.1) is 22.5 Å². The van der Waals surface area contributed by atoms with E-state index in [1.807, 2.05) is 19.1 Å². The van der Waals surface area contributed by atoms with E-state index in [4.69, 9.17) is 4.74 Å². The zero-order chi connectivity index (χ0) is 18.9. The number of carbonyl (C=O) groups is 1. The van der Waals surface area contributed by atoms with Crippen LogP contribution in [0.3, 0.4) is 0 Å². The fourth-order valence-corrected chi connectivity index (χ4v) is 3.73. The summed E-state index contributed by atoms with van der Waals surface area (Å²) in [7, 11) is -3.56. The molecule has 0 aromatic heterocycles. The molecule has 6 nitrogen and oxygen atoms in total. The Labute approximate surface area is 153 Å². The van der Waals surface area contributed by atoms with Gasteiger partial charge in [-0.25, -0.2) is 8.42 Å². The monoisotopic (exact) mass is 374 g/mol. The second-order valence-corrected chi connectivity index (χ2v) is 8.91. The molecule has 0 spiro atoms.